The molecule has 0 fully saturated rings. The Morgan fingerprint density at radius 3 is 2.50 bits per heavy atom. The SMILES string of the molecule is CC[NH+](CC)CCOCCOc1cccc(C)c1. The van der Waals surface area contributed by atoms with Crippen molar-refractivity contribution in [3.63, 3.8) is 0 Å². The van der Waals surface area contributed by atoms with Crippen LogP contribution < -0.4 is 9.64 Å². The molecule has 0 heterocycles. The van der Waals surface area contributed by atoms with E-state index in [1.165, 1.54) is 18.7 Å². The largest absolute Gasteiger partial charge is 0.491 e. The number of quaternary nitrogens is 1. The standard InChI is InChI=1S/C15H25NO2/c1-4-16(5-2)9-10-17-11-12-18-15-8-6-7-14(3)13-15/h6-8,13H,4-5,9-12H2,1-3H3/p+1. The smallest absolute Gasteiger partial charge is 0.119 e. The molecular weight excluding hydrogens is 226 g/mol. The van der Waals surface area contributed by atoms with Gasteiger partial charge in [-0.25, -0.2) is 0 Å². The molecule has 0 unspecified atom stereocenters. The fraction of sp³-hybridized carbons (Fsp3) is 0.600. The predicted molar refractivity (Wildman–Crippen MR) is 74.4 cm³/mol. The van der Waals surface area contributed by atoms with E-state index >= 15 is 0 Å². The first-order valence-electron chi connectivity index (χ1n) is 6.87. The maximum Gasteiger partial charge on any atom is 0.119 e. The quantitative estimate of drug-likeness (QED) is 0.670. The van der Waals surface area contributed by atoms with Crippen LogP contribution in [0.2, 0.25) is 0 Å². The number of likely N-dealkylation sites (N-methyl/N-ethyl adjacent to an activating group) is 1. The van der Waals surface area contributed by atoms with Crippen LogP contribution in [0.1, 0.15) is 19.4 Å². The van der Waals surface area contributed by atoms with Crippen LogP contribution in [-0.4, -0.2) is 39.5 Å². The van der Waals surface area contributed by atoms with Crippen LogP contribution in [0, 0.1) is 6.92 Å². The molecule has 0 aliphatic heterocycles. The topological polar surface area (TPSA) is 22.9 Å². The van der Waals surface area contributed by atoms with Gasteiger partial charge in [0.2, 0.25) is 0 Å². The summed E-state index contributed by atoms with van der Waals surface area (Å²) in [5, 5.41) is 0. The van der Waals surface area contributed by atoms with E-state index in [0.29, 0.717) is 13.2 Å². The Balaban J connectivity index is 2.05. The minimum Gasteiger partial charge on any atom is -0.491 e. The fourth-order valence-electron chi connectivity index (χ4n) is 1.85. The molecule has 1 aromatic rings. The zero-order chi connectivity index (χ0) is 13.2. The third kappa shape index (κ3) is 6.03. The van der Waals surface area contributed by atoms with Crippen molar-refractivity contribution in [3.8, 4) is 5.75 Å². The Labute approximate surface area is 111 Å². The van der Waals surface area contributed by atoms with Crippen molar-refractivity contribution in [2.45, 2.75) is 20.8 Å². The summed E-state index contributed by atoms with van der Waals surface area (Å²) in [7, 11) is 0. The molecule has 0 amide bonds. The molecule has 1 N–H and O–H groups in total. The van der Waals surface area contributed by atoms with E-state index < -0.39 is 0 Å². The van der Waals surface area contributed by atoms with Crippen LogP contribution in [0.15, 0.2) is 24.3 Å². The van der Waals surface area contributed by atoms with Crippen LogP contribution >= 0.6 is 0 Å². The van der Waals surface area contributed by atoms with E-state index in [0.717, 1.165) is 18.9 Å². The summed E-state index contributed by atoms with van der Waals surface area (Å²) in [5.74, 6) is 0.924. The average molecular weight is 252 g/mol. The van der Waals surface area contributed by atoms with Crippen molar-refractivity contribution in [1.82, 2.24) is 0 Å². The Morgan fingerprint density at radius 1 is 1.06 bits per heavy atom. The van der Waals surface area contributed by atoms with Crippen LogP contribution in [0.4, 0.5) is 0 Å². The number of ether oxygens (including phenoxy) is 2. The first kappa shape index (κ1) is 15.0. The van der Waals surface area contributed by atoms with E-state index in [2.05, 4.69) is 26.8 Å². The maximum atomic E-state index is 5.61. The summed E-state index contributed by atoms with van der Waals surface area (Å²) in [6.07, 6.45) is 0. The van der Waals surface area contributed by atoms with Crippen molar-refractivity contribution in [2.75, 3.05) is 39.5 Å². The lowest BCUT2D eigenvalue weighted by atomic mass is 10.2. The molecule has 0 atom stereocenters. The molecule has 18 heavy (non-hydrogen) atoms. The van der Waals surface area contributed by atoms with Gasteiger partial charge < -0.3 is 14.4 Å². The lowest BCUT2D eigenvalue weighted by molar-refractivity contribution is -0.896. The second-order valence-corrected chi connectivity index (χ2v) is 4.48. The highest BCUT2D eigenvalue weighted by molar-refractivity contribution is 5.27. The zero-order valence-corrected chi connectivity index (χ0v) is 11.9. The van der Waals surface area contributed by atoms with E-state index in [-0.39, 0.29) is 0 Å². The molecule has 0 bridgehead atoms. The highest BCUT2D eigenvalue weighted by Gasteiger charge is 2.01. The summed E-state index contributed by atoms with van der Waals surface area (Å²) in [6.45, 7) is 12.0. The van der Waals surface area contributed by atoms with Crippen molar-refractivity contribution < 1.29 is 14.4 Å². The van der Waals surface area contributed by atoms with Crippen molar-refractivity contribution in [3.05, 3.63) is 29.8 Å². The zero-order valence-electron chi connectivity index (χ0n) is 11.9. The monoisotopic (exact) mass is 252 g/mol. The minimum absolute atomic E-state index is 0.622. The lowest BCUT2D eigenvalue weighted by Crippen LogP contribution is -3.11. The fourth-order valence-corrected chi connectivity index (χ4v) is 1.85. The molecule has 3 nitrogen and oxygen atoms in total. The van der Waals surface area contributed by atoms with Gasteiger partial charge in [-0.05, 0) is 38.5 Å². The van der Waals surface area contributed by atoms with Crippen molar-refractivity contribution in [1.29, 1.82) is 0 Å². The van der Waals surface area contributed by atoms with Crippen LogP contribution in [0.25, 0.3) is 0 Å². The van der Waals surface area contributed by atoms with Gasteiger partial charge in [0, 0.05) is 0 Å². The summed E-state index contributed by atoms with van der Waals surface area (Å²) in [5.41, 5.74) is 1.22. The molecule has 0 saturated carbocycles. The molecule has 0 spiro atoms. The van der Waals surface area contributed by atoms with E-state index in [1.54, 1.807) is 4.90 Å². The molecule has 0 aliphatic rings. The number of rotatable bonds is 9. The van der Waals surface area contributed by atoms with Gasteiger partial charge >= 0.3 is 0 Å². The van der Waals surface area contributed by atoms with Gasteiger partial charge in [0.1, 0.15) is 18.9 Å². The normalized spacial score (nSPS) is 10.9. The molecule has 0 aliphatic carbocycles. The minimum atomic E-state index is 0.622. The molecule has 102 valence electrons. The van der Waals surface area contributed by atoms with E-state index in [1.807, 2.05) is 18.2 Å². The summed E-state index contributed by atoms with van der Waals surface area (Å²) >= 11 is 0. The van der Waals surface area contributed by atoms with Crippen LogP contribution in [-0.2, 0) is 4.74 Å². The average Bonchev–Trinajstić information content (AvgIpc) is 2.38. The Morgan fingerprint density at radius 2 is 1.83 bits per heavy atom. The van der Waals surface area contributed by atoms with Gasteiger partial charge in [-0.2, -0.15) is 0 Å². The molecule has 0 radical (unpaired) electrons. The molecule has 0 saturated heterocycles. The van der Waals surface area contributed by atoms with Crippen molar-refractivity contribution in [2.24, 2.45) is 0 Å². The van der Waals surface area contributed by atoms with Crippen LogP contribution in [0.5, 0.6) is 5.75 Å². The van der Waals surface area contributed by atoms with Gasteiger partial charge in [-0.15, -0.1) is 0 Å². The highest BCUT2D eigenvalue weighted by Crippen LogP contribution is 2.11. The summed E-state index contributed by atoms with van der Waals surface area (Å²) in [4.78, 5) is 1.58. The van der Waals surface area contributed by atoms with E-state index in [9.17, 15) is 0 Å². The van der Waals surface area contributed by atoms with Gasteiger partial charge in [0.25, 0.3) is 0 Å². The summed E-state index contributed by atoms with van der Waals surface area (Å²) < 4.78 is 11.2. The molecule has 3 heteroatoms. The maximum absolute atomic E-state index is 5.61. The van der Waals surface area contributed by atoms with Gasteiger partial charge in [-0.3, -0.25) is 0 Å². The molecular formula is C15H26NO2+. The van der Waals surface area contributed by atoms with Gasteiger partial charge in [-0.1, -0.05) is 12.1 Å². The molecule has 1 rings (SSSR count). The van der Waals surface area contributed by atoms with Crippen LogP contribution in [0.3, 0.4) is 0 Å². The second kappa shape index (κ2) is 8.95. The third-order valence-corrected chi connectivity index (χ3v) is 3.09. The lowest BCUT2D eigenvalue weighted by Gasteiger charge is -2.15. The predicted octanol–water partition coefficient (Wildman–Crippen LogP) is 1.32. The number of aryl methyl sites for hydroxylation is 1. The third-order valence-electron chi connectivity index (χ3n) is 3.09. The molecule has 0 aromatic heterocycles. The number of hydrogen-bond acceptors (Lipinski definition) is 2. The first-order chi connectivity index (χ1) is 8.76. The Hall–Kier alpha value is -1.06. The summed E-state index contributed by atoms with van der Waals surface area (Å²) in [6, 6.07) is 8.10. The van der Waals surface area contributed by atoms with Gasteiger partial charge in [0.05, 0.1) is 26.3 Å². The number of hydrogen-bond donors (Lipinski definition) is 1. The van der Waals surface area contributed by atoms with Gasteiger partial charge in [0.15, 0.2) is 0 Å². The molecule has 1 aromatic carbocycles. The Kier molecular flexibility index (Phi) is 7.46. The highest BCUT2D eigenvalue weighted by atomic mass is 16.5. The Bertz CT molecular complexity index is 324. The number of nitrogens with one attached hydrogen (secondary N) is 1. The van der Waals surface area contributed by atoms with E-state index in [4.69, 9.17) is 9.47 Å². The second-order valence-electron chi connectivity index (χ2n) is 4.48. The first-order valence-corrected chi connectivity index (χ1v) is 6.87. The number of benzene rings is 1. The van der Waals surface area contributed by atoms with Crippen molar-refractivity contribution >= 4 is 0 Å².